The van der Waals surface area contributed by atoms with Crippen molar-refractivity contribution in [2.75, 3.05) is 13.2 Å². The fourth-order valence-corrected chi connectivity index (χ4v) is 5.05. The second-order valence-electron chi connectivity index (χ2n) is 7.63. The Kier molecular flexibility index (Phi) is 5.81. The van der Waals surface area contributed by atoms with E-state index in [2.05, 4.69) is 21.2 Å². The number of ether oxygens (including phenoxy) is 1. The summed E-state index contributed by atoms with van der Waals surface area (Å²) in [4.78, 5) is 24.8. The average Bonchev–Trinajstić information content (AvgIpc) is 3.32. The molecule has 9 heteroatoms. The highest BCUT2D eigenvalue weighted by Gasteiger charge is 2.40. The van der Waals surface area contributed by atoms with Crippen molar-refractivity contribution in [2.24, 2.45) is 7.05 Å². The van der Waals surface area contributed by atoms with Gasteiger partial charge in [0.05, 0.1) is 27.8 Å². The van der Waals surface area contributed by atoms with Crippen molar-refractivity contribution in [3.63, 3.8) is 0 Å². The molecule has 0 spiro atoms. The summed E-state index contributed by atoms with van der Waals surface area (Å²) in [6, 6.07) is 8.53. The molecule has 162 valence electrons. The van der Waals surface area contributed by atoms with Gasteiger partial charge in [0, 0.05) is 35.5 Å². The quantitative estimate of drug-likeness (QED) is 0.484. The van der Waals surface area contributed by atoms with Crippen molar-refractivity contribution in [3.05, 3.63) is 67.2 Å². The van der Waals surface area contributed by atoms with Gasteiger partial charge in [0.25, 0.3) is 5.91 Å². The number of nitrogens with one attached hydrogen (secondary N) is 1. The molecule has 2 heterocycles. The lowest BCUT2D eigenvalue weighted by atomic mass is 9.85. The molecular weight excluding hydrogens is 507 g/mol. The molecule has 1 fully saturated rings. The van der Waals surface area contributed by atoms with Gasteiger partial charge in [0.15, 0.2) is 0 Å². The summed E-state index contributed by atoms with van der Waals surface area (Å²) >= 11 is 15.9. The Morgan fingerprint density at radius 2 is 2.00 bits per heavy atom. The second-order valence-corrected chi connectivity index (χ2v) is 9.20. The van der Waals surface area contributed by atoms with Crippen molar-refractivity contribution in [2.45, 2.75) is 18.9 Å². The van der Waals surface area contributed by atoms with Gasteiger partial charge in [0.2, 0.25) is 0 Å². The molecule has 0 radical (unpaired) electrons. The zero-order valence-corrected chi connectivity index (χ0v) is 19.9. The fraction of sp³-hybridized carbons (Fsp3) is 0.273. The van der Waals surface area contributed by atoms with E-state index in [1.54, 1.807) is 35.9 Å². The molecule has 3 aromatic rings. The molecule has 2 N–H and O–H groups in total. The van der Waals surface area contributed by atoms with Crippen LogP contribution in [0.1, 0.15) is 38.4 Å². The van der Waals surface area contributed by atoms with Crippen molar-refractivity contribution < 1.29 is 19.4 Å². The smallest absolute Gasteiger partial charge is 0.336 e. The Hall–Kier alpha value is -2.06. The largest absolute Gasteiger partial charge is 0.478 e. The first-order valence-electron chi connectivity index (χ1n) is 9.53. The lowest BCUT2D eigenvalue weighted by Crippen LogP contribution is -2.47. The highest BCUT2D eigenvalue weighted by Crippen LogP contribution is 2.38. The molecule has 6 nitrogen and oxygen atoms in total. The van der Waals surface area contributed by atoms with E-state index in [-0.39, 0.29) is 18.1 Å². The third-order valence-corrected chi connectivity index (χ3v) is 7.69. The number of benzene rings is 2. The van der Waals surface area contributed by atoms with Gasteiger partial charge in [-0.25, -0.2) is 4.79 Å². The SMILES string of the molecule is Cc1c(C2(NC(=O)c3cc4c(Cl)c(Cl)ccc4n3C)CCOC2)ccc(C(=O)O)c1Br. The molecule has 1 saturated heterocycles. The maximum Gasteiger partial charge on any atom is 0.336 e. The summed E-state index contributed by atoms with van der Waals surface area (Å²) < 4.78 is 7.92. The first kappa shape index (κ1) is 22.1. The van der Waals surface area contributed by atoms with Crippen LogP contribution in [0.5, 0.6) is 0 Å². The number of fused-ring (bicyclic) bond motifs is 1. The predicted octanol–water partition coefficient (Wildman–Crippen LogP) is 5.30. The fourth-order valence-electron chi connectivity index (χ4n) is 4.16. The molecule has 1 amide bonds. The summed E-state index contributed by atoms with van der Waals surface area (Å²) in [6.45, 7) is 2.60. The van der Waals surface area contributed by atoms with Crippen LogP contribution in [0.15, 0.2) is 34.8 Å². The van der Waals surface area contributed by atoms with Gasteiger partial charge in [-0.15, -0.1) is 0 Å². The standard InChI is InChI=1S/C22H19BrCl2N2O4/c1-11-14(4-3-12(18(11)23)21(29)30)22(7-8-31-10-22)26-20(28)17-9-13-16(27(17)2)6-5-15(24)19(13)25/h3-6,9H,7-8,10H2,1-2H3,(H,26,28)(H,29,30). The number of carboxylic acid groups (broad SMARTS) is 1. The van der Waals surface area contributed by atoms with Crippen LogP contribution in [0.4, 0.5) is 0 Å². The molecule has 1 aliphatic rings. The van der Waals surface area contributed by atoms with Crippen LogP contribution in [0.25, 0.3) is 10.9 Å². The van der Waals surface area contributed by atoms with Crippen molar-refractivity contribution in [3.8, 4) is 0 Å². The van der Waals surface area contributed by atoms with Crippen molar-refractivity contribution in [1.82, 2.24) is 9.88 Å². The Morgan fingerprint density at radius 3 is 2.65 bits per heavy atom. The molecule has 1 aliphatic heterocycles. The van der Waals surface area contributed by atoms with E-state index >= 15 is 0 Å². The van der Waals surface area contributed by atoms with Gasteiger partial charge < -0.3 is 19.7 Å². The number of hydrogen-bond acceptors (Lipinski definition) is 3. The lowest BCUT2D eigenvalue weighted by Gasteiger charge is -2.31. The minimum atomic E-state index is -1.02. The lowest BCUT2D eigenvalue weighted by molar-refractivity contribution is 0.0694. The second kappa shape index (κ2) is 8.13. The topological polar surface area (TPSA) is 80.6 Å². The van der Waals surface area contributed by atoms with E-state index < -0.39 is 11.5 Å². The Morgan fingerprint density at radius 1 is 1.26 bits per heavy atom. The van der Waals surface area contributed by atoms with Crippen LogP contribution < -0.4 is 5.32 Å². The molecule has 4 rings (SSSR count). The molecular formula is C22H19BrCl2N2O4. The van der Waals surface area contributed by atoms with Crippen LogP contribution in [-0.4, -0.2) is 34.8 Å². The minimum Gasteiger partial charge on any atom is -0.478 e. The van der Waals surface area contributed by atoms with Crippen LogP contribution in [0.2, 0.25) is 10.0 Å². The number of amides is 1. The molecule has 31 heavy (non-hydrogen) atoms. The number of nitrogens with zero attached hydrogens (tertiary/aromatic N) is 1. The summed E-state index contributed by atoms with van der Waals surface area (Å²) in [5.41, 5.74) is 2.18. The zero-order valence-electron chi connectivity index (χ0n) is 16.8. The minimum absolute atomic E-state index is 0.168. The maximum atomic E-state index is 13.4. The molecule has 0 aliphatic carbocycles. The van der Waals surface area contributed by atoms with Crippen molar-refractivity contribution >= 4 is 61.9 Å². The molecule has 0 saturated carbocycles. The van der Waals surface area contributed by atoms with E-state index in [1.165, 1.54) is 0 Å². The third-order valence-electron chi connectivity index (χ3n) is 5.85. The summed E-state index contributed by atoms with van der Waals surface area (Å²) in [7, 11) is 1.79. The zero-order chi connectivity index (χ0) is 22.5. The number of aromatic carboxylic acids is 1. The first-order valence-corrected chi connectivity index (χ1v) is 11.1. The number of aryl methyl sites for hydroxylation is 1. The summed E-state index contributed by atoms with van der Waals surface area (Å²) in [5.74, 6) is -1.30. The monoisotopic (exact) mass is 524 g/mol. The number of rotatable bonds is 4. The Labute approximate surface area is 197 Å². The van der Waals surface area contributed by atoms with Gasteiger partial charge in [-0.05, 0) is 58.2 Å². The van der Waals surface area contributed by atoms with E-state index in [1.807, 2.05) is 13.0 Å². The predicted molar refractivity (Wildman–Crippen MR) is 123 cm³/mol. The normalized spacial score (nSPS) is 18.5. The number of halogens is 3. The summed E-state index contributed by atoms with van der Waals surface area (Å²) in [5, 5.41) is 14.1. The van der Waals surface area contributed by atoms with E-state index in [4.69, 9.17) is 27.9 Å². The van der Waals surface area contributed by atoms with Crippen LogP contribution in [0, 0.1) is 6.92 Å². The van der Waals surface area contributed by atoms with Gasteiger partial charge in [-0.1, -0.05) is 29.3 Å². The molecule has 1 aromatic heterocycles. The first-order chi connectivity index (χ1) is 14.7. The van der Waals surface area contributed by atoms with E-state index in [9.17, 15) is 14.7 Å². The average molecular weight is 526 g/mol. The van der Waals surface area contributed by atoms with Crippen LogP contribution in [0.3, 0.4) is 0 Å². The van der Waals surface area contributed by atoms with E-state index in [0.717, 1.165) is 16.6 Å². The number of aromatic nitrogens is 1. The number of hydrogen-bond donors (Lipinski definition) is 2. The molecule has 1 atom stereocenters. The highest BCUT2D eigenvalue weighted by atomic mass is 79.9. The van der Waals surface area contributed by atoms with E-state index in [0.29, 0.717) is 38.6 Å². The van der Waals surface area contributed by atoms with Gasteiger partial charge in [-0.3, -0.25) is 4.79 Å². The Bertz CT molecular complexity index is 1230. The Balaban J connectivity index is 1.76. The molecule has 1 unspecified atom stereocenters. The van der Waals surface area contributed by atoms with Gasteiger partial charge in [0.1, 0.15) is 5.69 Å². The number of carboxylic acids is 1. The van der Waals surface area contributed by atoms with Gasteiger partial charge in [-0.2, -0.15) is 0 Å². The van der Waals surface area contributed by atoms with Crippen LogP contribution >= 0.6 is 39.1 Å². The maximum absolute atomic E-state index is 13.4. The molecule has 2 aromatic carbocycles. The van der Waals surface area contributed by atoms with Crippen molar-refractivity contribution in [1.29, 1.82) is 0 Å². The number of carbonyl (C=O) groups is 2. The number of carbonyl (C=O) groups excluding carboxylic acids is 1. The molecule has 0 bridgehead atoms. The van der Waals surface area contributed by atoms with Crippen LogP contribution in [-0.2, 0) is 17.3 Å². The summed E-state index contributed by atoms with van der Waals surface area (Å²) in [6.07, 6.45) is 0.564. The highest BCUT2D eigenvalue weighted by molar-refractivity contribution is 9.10. The van der Waals surface area contributed by atoms with Gasteiger partial charge >= 0.3 is 5.97 Å². The third kappa shape index (κ3) is 3.63.